The second kappa shape index (κ2) is 55.6. The smallest absolute Gasteiger partial charge is 0.462 e. The molecule has 0 saturated heterocycles. The Kier molecular flexibility index (Phi) is 52.9. The fourth-order valence-electron chi connectivity index (χ4n) is 7.53. The monoisotopic (exact) mass is 1060 g/mol. The van der Waals surface area contributed by atoms with E-state index in [1.807, 2.05) is 12.2 Å². The molecule has 11 nitrogen and oxygen atoms in total. The third-order valence-corrected chi connectivity index (χ3v) is 12.9. The van der Waals surface area contributed by atoms with Crippen LogP contribution in [0.4, 0.5) is 0 Å². The van der Waals surface area contributed by atoms with Crippen molar-refractivity contribution < 1.29 is 52.2 Å². The van der Waals surface area contributed by atoms with E-state index in [-0.39, 0.29) is 25.9 Å². The first-order valence-corrected chi connectivity index (χ1v) is 30.6. The number of unbranched alkanes of at least 4 members (excludes halogenated alkanes) is 20. The summed E-state index contributed by atoms with van der Waals surface area (Å²) in [6.45, 7) is 4.39. The van der Waals surface area contributed by atoms with Gasteiger partial charge in [0.2, 0.25) is 0 Å². The predicted molar refractivity (Wildman–Crippen MR) is 307 cm³/mol. The molecule has 2 N–H and O–H groups in total. The Hall–Kier alpha value is -3.60. The molecule has 0 aromatic rings. The maximum atomic E-state index is 12.9. The molecule has 0 aromatic heterocycles. The van der Waals surface area contributed by atoms with Crippen LogP contribution in [-0.4, -0.2) is 66.5 Å². The van der Waals surface area contributed by atoms with E-state index in [9.17, 15) is 28.9 Å². The summed E-state index contributed by atoms with van der Waals surface area (Å²) in [7, 11) is -4.77. The van der Waals surface area contributed by atoms with E-state index < -0.39 is 57.8 Å². The van der Waals surface area contributed by atoms with Gasteiger partial charge in [-0.25, -0.2) is 4.57 Å². The molecule has 0 heterocycles. The minimum Gasteiger partial charge on any atom is -0.462 e. The molecule has 0 amide bonds. The Bertz CT molecular complexity index is 1610. The number of hydrogen-bond donors (Lipinski definition) is 2. The van der Waals surface area contributed by atoms with Gasteiger partial charge in [0.15, 0.2) is 6.10 Å². The highest BCUT2D eigenvalue weighted by Crippen LogP contribution is 2.43. The molecule has 3 atom stereocenters. The largest absolute Gasteiger partial charge is 0.472 e. The maximum absolute atomic E-state index is 12.9. The van der Waals surface area contributed by atoms with Crippen molar-refractivity contribution in [2.24, 2.45) is 0 Å². The molecule has 0 spiro atoms. The van der Waals surface area contributed by atoms with Crippen LogP contribution >= 0.6 is 7.82 Å². The molecule has 0 fully saturated rings. The molecular formula is C62H105O11P. The van der Waals surface area contributed by atoms with Crippen LogP contribution in [0.5, 0.6) is 0 Å². The number of phosphoric ester groups is 1. The molecule has 424 valence electrons. The van der Waals surface area contributed by atoms with Crippen LogP contribution in [0.15, 0.2) is 97.2 Å². The Morgan fingerprint density at radius 2 is 0.743 bits per heavy atom. The summed E-state index contributed by atoms with van der Waals surface area (Å²) in [5.74, 6) is -1.58. The van der Waals surface area contributed by atoms with E-state index in [4.69, 9.17) is 23.3 Å². The van der Waals surface area contributed by atoms with Gasteiger partial charge >= 0.3 is 25.7 Å². The van der Waals surface area contributed by atoms with Gasteiger partial charge in [0.05, 0.1) is 19.8 Å². The van der Waals surface area contributed by atoms with Gasteiger partial charge in [-0.1, -0.05) is 214 Å². The third kappa shape index (κ3) is 53.2. The minimum atomic E-state index is -4.77. The second-order valence-electron chi connectivity index (χ2n) is 19.1. The number of esters is 3. The summed E-state index contributed by atoms with van der Waals surface area (Å²) in [5.41, 5.74) is 0. The number of allylic oxidation sites excluding steroid dienone is 16. The first-order chi connectivity index (χ1) is 36.2. The van der Waals surface area contributed by atoms with Crippen molar-refractivity contribution in [3.05, 3.63) is 97.2 Å². The third-order valence-electron chi connectivity index (χ3n) is 12.0. The van der Waals surface area contributed by atoms with Crippen LogP contribution in [0.2, 0.25) is 0 Å². The van der Waals surface area contributed by atoms with E-state index in [1.54, 1.807) is 0 Å². The number of rotatable bonds is 53. The van der Waals surface area contributed by atoms with E-state index in [0.717, 1.165) is 96.3 Å². The fourth-order valence-corrected chi connectivity index (χ4v) is 8.32. The lowest BCUT2D eigenvalue weighted by Gasteiger charge is -2.21. The van der Waals surface area contributed by atoms with Gasteiger partial charge in [0, 0.05) is 19.3 Å². The van der Waals surface area contributed by atoms with Crippen molar-refractivity contribution in [1.29, 1.82) is 0 Å². The zero-order valence-electron chi connectivity index (χ0n) is 46.8. The molecule has 0 aliphatic rings. The number of carbonyl (C=O) groups excluding carboxylic acids is 3. The van der Waals surface area contributed by atoms with Crippen molar-refractivity contribution >= 4 is 25.7 Å². The summed E-state index contributed by atoms with van der Waals surface area (Å²) < 4.78 is 39.4. The van der Waals surface area contributed by atoms with Crippen LogP contribution in [0.25, 0.3) is 0 Å². The number of aliphatic hydroxyl groups is 1. The van der Waals surface area contributed by atoms with Gasteiger partial charge in [0.25, 0.3) is 0 Å². The number of hydrogen-bond acceptors (Lipinski definition) is 10. The van der Waals surface area contributed by atoms with Gasteiger partial charge in [-0.15, -0.1) is 0 Å². The summed E-state index contributed by atoms with van der Waals surface area (Å²) in [4.78, 5) is 48.5. The Balaban J connectivity index is 4.86. The highest BCUT2D eigenvalue weighted by atomic mass is 31.2. The van der Waals surface area contributed by atoms with Crippen LogP contribution in [0.1, 0.15) is 239 Å². The summed E-state index contributed by atoms with van der Waals surface area (Å²) in [5, 5.41) is 9.79. The highest BCUT2D eigenvalue weighted by molar-refractivity contribution is 7.47. The quantitative estimate of drug-likeness (QED) is 0.0197. The molecule has 0 aliphatic carbocycles. The lowest BCUT2D eigenvalue weighted by molar-refractivity contribution is -0.161. The number of ether oxygens (including phenoxy) is 3. The molecular weight excluding hydrogens is 952 g/mol. The molecule has 0 rings (SSSR count). The molecule has 0 aliphatic heterocycles. The average molecular weight is 1060 g/mol. The number of carbonyl (C=O) groups is 3. The first kappa shape index (κ1) is 70.4. The molecule has 0 radical (unpaired) electrons. The van der Waals surface area contributed by atoms with Crippen LogP contribution < -0.4 is 0 Å². The van der Waals surface area contributed by atoms with Gasteiger partial charge < -0.3 is 24.2 Å². The Labute approximate surface area is 451 Å². The van der Waals surface area contributed by atoms with Crippen molar-refractivity contribution in [3.63, 3.8) is 0 Å². The highest BCUT2D eigenvalue weighted by Gasteiger charge is 2.28. The van der Waals surface area contributed by atoms with Gasteiger partial charge in [-0.3, -0.25) is 23.4 Å². The Morgan fingerprint density at radius 3 is 1.20 bits per heavy atom. The van der Waals surface area contributed by atoms with E-state index in [2.05, 4.69) is 106 Å². The van der Waals surface area contributed by atoms with Crippen molar-refractivity contribution in [2.75, 3.05) is 26.4 Å². The van der Waals surface area contributed by atoms with Crippen LogP contribution in [0.3, 0.4) is 0 Å². The summed E-state index contributed by atoms with van der Waals surface area (Å²) in [6.07, 6.45) is 65.3. The molecule has 0 bridgehead atoms. The zero-order valence-corrected chi connectivity index (χ0v) is 47.7. The normalized spacial score (nSPS) is 14.1. The number of phosphoric acid groups is 1. The summed E-state index contributed by atoms with van der Waals surface area (Å²) in [6, 6.07) is 0. The topological polar surface area (TPSA) is 155 Å². The molecule has 3 unspecified atom stereocenters. The molecule has 74 heavy (non-hydrogen) atoms. The van der Waals surface area contributed by atoms with Crippen LogP contribution in [-0.2, 0) is 42.2 Å². The first-order valence-electron chi connectivity index (χ1n) is 29.1. The van der Waals surface area contributed by atoms with E-state index in [1.165, 1.54) is 77.0 Å². The molecule has 0 saturated carbocycles. The standard InChI is InChI=1S/C62H105O11P/c1-4-7-10-13-16-19-22-24-26-28-29-31-33-35-38-41-44-47-50-53-62(66)73-59(55-69-60(64)51-48-45-42-39-37-34-32-30-27-25-23-20-17-14-11-8-5-2)57-71-74(67,68)70-56-58(54-63)72-61(65)52-49-46-43-40-36-21-18-15-12-9-6-3/h7,10,15-16,18-19,24-27,29,31,35,38,44,47,58-59,63H,4-6,8-9,11-14,17,20-23,28,30,32-34,36-37,39-43,45-46,48-57H2,1-3H3,(H,67,68)/b10-7-,18-15-,19-16-,26-24-,27-25-,31-29-,38-35-,47-44-. The van der Waals surface area contributed by atoms with Gasteiger partial charge in [0.1, 0.15) is 12.7 Å². The fraction of sp³-hybridized carbons (Fsp3) is 0.694. The Morgan fingerprint density at radius 1 is 0.392 bits per heavy atom. The van der Waals surface area contributed by atoms with Crippen molar-refractivity contribution in [2.45, 2.75) is 251 Å². The summed E-state index contributed by atoms with van der Waals surface area (Å²) >= 11 is 0. The van der Waals surface area contributed by atoms with Crippen molar-refractivity contribution in [1.82, 2.24) is 0 Å². The van der Waals surface area contributed by atoms with Gasteiger partial charge in [-0.2, -0.15) is 0 Å². The lowest BCUT2D eigenvalue weighted by atomic mass is 10.1. The van der Waals surface area contributed by atoms with Gasteiger partial charge in [-0.05, 0) is 103 Å². The second-order valence-corrected chi connectivity index (χ2v) is 20.5. The van der Waals surface area contributed by atoms with E-state index in [0.29, 0.717) is 25.7 Å². The predicted octanol–water partition coefficient (Wildman–Crippen LogP) is 17.3. The van der Waals surface area contributed by atoms with Crippen molar-refractivity contribution in [3.8, 4) is 0 Å². The maximum Gasteiger partial charge on any atom is 0.472 e. The van der Waals surface area contributed by atoms with E-state index >= 15 is 0 Å². The zero-order chi connectivity index (χ0) is 54.1. The SMILES string of the molecule is CC/C=C\C/C=C\C/C=C\C/C=C\C/C=C\C/C=C\CCC(=O)OC(COC(=O)CCCCCCCCC/C=C\CCCCCCCC)COP(=O)(O)OCC(CO)OC(=O)CCCCCCC/C=C\CCCC. The molecule has 12 heteroatoms. The lowest BCUT2D eigenvalue weighted by Crippen LogP contribution is -2.30. The minimum absolute atomic E-state index is 0.0379. The number of aliphatic hydroxyl groups excluding tert-OH is 1. The average Bonchev–Trinajstić information content (AvgIpc) is 3.39. The molecule has 0 aromatic carbocycles. The van der Waals surface area contributed by atoms with Crippen LogP contribution in [0, 0.1) is 0 Å².